The molecule has 0 saturated carbocycles. The molecule has 3 rings (SSSR count). The van der Waals surface area contributed by atoms with Gasteiger partial charge in [-0.3, -0.25) is 0 Å². The van der Waals surface area contributed by atoms with E-state index in [9.17, 15) is 5.77 Å². The first kappa shape index (κ1) is 51.4. The Bertz CT molecular complexity index is 1610. The van der Waals surface area contributed by atoms with Crippen LogP contribution in [0, 0.1) is 40.9 Å². The van der Waals surface area contributed by atoms with E-state index in [0.29, 0.717) is 17.8 Å². The summed E-state index contributed by atoms with van der Waals surface area (Å²) in [7, 11) is 0. The van der Waals surface area contributed by atoms with Crippen molar-refractivity contribution in [1.82, 2.24) is 0 Å². The predicted octanol–water partition coefficient (Wildman–Crippen LogP) is 13.8. The topological polar surface area (TPSA) is 0 Å². The van der Waals surface area contributed by atoms with E-state index in [0.717, 1.165) is 43.7 Å². The molecule has 0 spiro atoms. The van der Waals surface area contributed by atoms with Crippen LogP contribution in [0.3, 0.4) is 0 Å². The second-order valence-corrected chi connectivity index (χ2v) is 25.2. The van der Waals surface area contributed by atoms with Gasteiger partial charge in [-0.05, 0) is 0 Å². The van der Waals surface area contributed by atoms with E-state index >= 15 is 0 Å². The van der Waals surface area contributed by atoms with Gasteiger partial charge < -0.3 is 0 Å². The predicted molar refractivity (Wildman–Crippen MR) is 218 cm³/mol. The Morgan fingerprint density at radius 2 is 0.868 bits per heavy atom. The number of hydrogen-bond acceptors (Lipinski definition) is 0. The van der Waals surface area contributed by atoms with Crippen LogP contribution < -0.4 is 0 Å². The molecule has 3 aromatic rings. The fourth-order valence-corrected chi connectivity index (χ4v) is 10.8. The van der Waals surface area contributed by atoms with Crippen molar-refractivity contribution in [3.63, 3.8) is 0 Å². The summed E-state index contributed by atoms with van der Waals surface area (Å²) in [6.45, 7) is 34.6. The van der Waals surface area contributed by atoms with Crippen molar-refractivity contribution in [3.05, 3.63) is 106 Å². The van der Waals surface area contributed by atoms with Gasteiger partial charge in [0.15, 0.2) is 0 Å². The molecule has 0 aliphatic heterocycles. The minimum atomic E-state index is -2.06. The maximum absolute atomic E-state index is 13.4. The second kappa shape index (κ2) is 24.3. The summed E-state index contributed by atoms with van der Waals surface area (Å²) in [5, 5.41) is 0. The van der Waals surface area contributed by atoms with Crippen molar-refractivity contribution < 1.29 is 94.0 Å². The Labute approximate surface area is 372 Å². The van der Waals surface area contributed by atoms with Crippen LogP contribution in [0.15, 0.2) is 66.7 Å². The molecule has 0 atom stereocenters. The van der Waals surface area contributed by atoms with Crippen LogP contribution in [-0.2, 0) is 114 Å². The molecule has 0 aliphatic rings. The summed E-state index contributed by atoms with van der Waals surface area (Å²) >= 11 is -6.08. The third kappa shape index (κ3) is 20.1. The van der Waals surface area contributed by atoms with E-state index in [-0.39, 0.29) is 16.2 Å². The van der Waals surface area contributed by atoms with Gasteiger partial charge in [-0.1, -0.05) is 0 Å². The molecule has 0 fully saturated rings. The third-order valence-corrected chi connectivity index (χ3v) is 19.4. The molecule has 288 valence electrons. The zero-order chi connectivity index (χ0) is 40.7. The quantitative estimate of drug-likeness (QED) is 0.190. The van der Waals surface area contributed by atoms with Gasteiger partial charge in [0.25, 0.3) is 0 Å². The van der Waals surface area contributed by atoms with E-state index < -0.39 is 88.2 Å². The molecule has 0 N–H and O–H groups in total. The van der Waals surface area contributed by atoms with E-state index in [1.54, 1.807) is 0 Å². The maximum atomic E-state index is 13.4. The van der Waals surface area contributed by atoms with Gasteiger partial charge in [-0.15, -0.1) is 0 Å². The zero-order valence-corrected chi connectivity index (χ0v) is 44.8. The van der Waals surface area contributed by atoms with E-state index in [1.807, 2.05) is 0 Å². The van der Waals surface area contributed by atoms with Crippen molar-refractivity contribution in [3.8, 4) is 0 Å². The van der Waals surface area contributed by atoms with Crippen LogP contribution in [0.5, 0.6) is 0 Å². The monoisotopic (exact) mass is 958 g/mol. The molecule has 0 amide bonds. The molecule has 0 unspecified atom stereocenters. The summed E-state index contributed by atoms with van der Waals surface area (Å²) in [6, 6.07) is 23.7. The van der Waals surface area contributed by atoms with Gasteiger partial charge in [0.05, 0.1) is 0 Å². The van der Waals surface area contributed by atoms with Crippen molar-refractivity contribution in [2.45, 2.75) is 136 Å². The summed E-state index contributed by atoms with van der Waals surface area (Å²) in [5.41, 5.74) is 8.94. The molecule has 0 radical (unpaired) electrons. The summed E-state index contributed by atoms with van der Waals surface area (Å²) in [4.78, 5) is 0. The van der Waals surface area contributed by atoms with Gasteiger partial charge in [-0.2, -0.15) is 0 Å². The number of benzene rings is 3. The first-order valence-corrected chi connectivity index (χ1v) is 27.1. The van der Waals surface area contributed by atoms with Crippen LogP contribution in [0.4, 0.5) is 5.77 Å². The molecule has 0 nitrogen and oxygen atoms in total. The number of hydrogen-bond donors (Lipinski definition) is 0. The average molecular weight is 959 g/mol. The standard InChI is InChI=1S/2C16H24.C15H22.3FH.3Y/c1-12(2)9-15-8-7-14(10-13(15)3)11-16(4,5)6;1-13(2)12-15-8-6-14(7-9-15)10-11-16(3,4)5;1-12(2)10-13-6-8-14(9-7-13)11-15(3,4)5;;;;;;/h7-8,10,12H,9H2,1-6H3;6-9,13H,10,12H2,1-5H3;6-9,12H,10H2,1-5H3;3*1H;;;/q;;;;;;3*+1/p-3. The Balaban J connectivity index is 0.000000398. The molecule has 6 heteroatoms. The van der Waals surface area contributed by atoms with Crippen LogP contribution in [-0.4, -0.2) is 6.90 Å². The van der Waals surface area contributed by atoms with Gasteiger partial charge in [0, 0.05) is 0 Å². The van der Waals surface area contributed by atoms with Crippen LogP contribution in [0.2, 0.25) is 0 Å². The summed E-state index contributed by atoms with van der Waals surface area (Å²) < 4.78 is 43.3. The van der Waals surface area contributed by atoms with Crippen molar-refractivity contribution >= 4 is 6.90 Å². The fourth-order valence-electron chi connectivity index (χ4n) is 6.10. The molecule has 53 heavy (non-hydrogen) atoms. The van der Waals surface area contributed by atoms with Crippen molar-refractivity contribution in [2.75, 3.05) is 0 Å². The van der Waals surface area contributed by atoms with Crippen molar-refractivity contribution in [2.24, 2.45) is 34.0 Å². The number of aryl methyl sites for hydroxylation is 1. The average Bonchev–Trinajstić information content (AvgIpc) is 3.01. The molecule has 0 aliphatic carbocycles. The third-order valence-electron chi connectivity index (χ3n) is 9.18. The van der Waals surface area contributed by atoms with E-state index in [2.05, 4.69) is 178 Å². The van der Waals surface area contributed by atoms with E-state index in [1.165, 1.54) is 27.8 Å². The zero-order valence-electron chi connectivity index (χ0n) is 36.3. The molecular formula is C47H70F3Y3. The molecule has 0 saturated heterocycles. The number of rotatable bonds is 10. The van der Waals surface area contributed by atoms with Crippen LogP contribution in [0.25, 0.3) is 0 Å². The Hall–Kier alpha value is 0.372. The Morgan fingerprint density at radius 1 is 0.491 bits per heavy atom. The molecular weight excluding hydrogens is 888 g/mol. The fraction of sp³-hybridized carbons (Fsp3) is 0.553. The minimum absolute atomic E-state index is 0.0184. The van der Waals surface area contributed by atoms with Crippen LogP contribution in [0.1, 0.15) is 143 Å². The summed E-state index contributed by atoms with van der Waals surface area (Å²) in [6.07, 6.45) is 4.16. The molecule has 3 aromatic carbocycles. The number of halogens is 3. The second-order valence-electron chi connectivity index (χ2n) is 19.1. The van der Waals surface area contributed by atoms with Crippen molar-refractivity contribution in [1.29, 1.82) is 0 Å². The van der Waals surface area contributed by atoms with E-state index in [4.69, 9.17) is 0 Å². The van der Waals surface area contributed by atoms with Gasteiger partial charge >= 0.3 is 377 Å². The SMILES string of the molecule is CC(C)Cc1ccc(C[C](=[Y][F])C(C)(C)C)cc1.CC(C)Cc1ccc([C](=[Y][F])C(C)(C)C)cc1.Cc1cc([C](=[Y][F])C(C)(C)C)ccc1CC(C)C. The van der Waals surface area contributed by atoms with Gasteiger partial charge in [0.1, 0.15) is 0 Å². The Kier molecular flexibility index (Phi) is 23.6. The van der Waals surface area contributed by atoms with Crippen LogP contribution >= 0.6 is 0 Å². The Morgan fingerprint density at radius 3 is 1.21 bits per heavy atom. The first-order valence-electron chi connectivity index (χ1n) is 19.6. The normalized spacial score (nSPS) is 12.8. The summed E-state index contributed by atoms with van der Waals surface area (Å²) in [5.74, 6) is 2.03. The van der Waals surface area contributed by atoms with Gasteiger partial charge in [0.2, 0.25) is 0 Å². The first-order chi connectivity index (χ1) is 24.4. The molecule has 0 aromatic heterocycles. The van der Waals surface area contributed by atoms with Gasteiger partial charge in [-0.25, -0.2) is 0 Å². The molecule has 0 heterocycles. The molecule has 0 bridgehead atoms.